The molecule has 0 aliphatic heterocycles. The van der Waals surface area contributed by atoms with Crippen molar-refractivity contribution in [1.29, 1.82) is 0 Å². The topological polar surface area (TPSA) is 21.3 Å². The zero-order chi connectivity index (χ0) is 13.7. The van der Waals surface area contributed by atoms with Crippen LogP contribution in [0.1, 0.15) is 45.6 Å². The standard InChI is InChI=1S/C17H27NO/c1-4-19-12-15-10-5-6-11-16(15)18-17-13(2)8-7-9-14(17)3/h5-6,10-11,13-14,17-18H,4,7-9,12H2,1-3H3. The van der Waals surface area contributed by atoms with Crippen LogP contribution in [0.4, 0.5) is 5.69 Å². The van der Waals surface area contributed by atoms with Gasteiger partial charge in [-0.15, -0.1) is 0 Å². The molecule has 1 aromatic carbocycles. The highest BCUT2D eigenvalue weighted by atomic mass is 16.5. The Labute approximate surface area is 117 Å². The fourth-order valence-corrected chi connectivity index (χ4v) is 3.14. The van der Waals surface area contributed by atoms with E-state index in [0.717, 1.165) is 18.4 Å². The normalized spacial score (nSPS) is 27.2. The molecular formula is C17H27NO. The molecule has 2 unspecified atom stereocenters. The highest BCUT2D eigenvalue weighted by Gasteiger charge is 2.27. The quantitative estimate of drug-likeness (QED) is 0.845. The second-order valence-corrected chi connectivity index (χ2v) is 5.85. The van der Waals surface area contributed by atoms with E-state index in [-0.39, 0.29) is 0 Å². The summed E-state index contributed by atoms with van der Waals surface area (Å²) in [6, 6.07) is 9.14. The molecule has 1 N–H and O–H groups in total. The maximum atomic E-state index is 5.56. The zero-order valence-corrected chi connectivity index (χ0v) is 12.5. The summed E-state index contributed by atoms with van der Waals surface area (Å²) in [4.78, 5) is 0. The van der Waals surface area contributed by atoms with Crippen LogP contribution >= 0.6 is 0 Å². The minimum absolute atomic E-state index is 0.594. The van der Waals surface area contributed by atoms with Gasteiger partial charge in [0, 0.05) is 23.9 Å². The summed E-state index contributed by atoms with van der Waals surface area (Å²) >= 11 is 0. The monoisotopic (exact) mass is 261 g/mol. The van der Waals surface area contributed by atoms with Crippen molar-refractivity contribution >= 4 is 5.69 Å². The van der Waals surface area contributed by atoms with Gasteiger partial charge in [0.05, 0.1) is 6.61 Å². The van der Waals surface area contributed by atoms with E-state index in [1.165, 1.54) is 30.5 Å². The Morgan fingerprint density at radius 3 is 2.53 bits per heavy atom. The lowest BCUT2D eigenvalue weighted by Crippen LogP contribution is -2.37. The Bertz CT molecular complexity index is 381. The number of nitrogens with one attached hydrogen (secondary N) is 1. The van der Waals surface area contributed by atoms with Crippen LogP contribution in [-0.2, 0) is 11.3 Å². The van der Waals surface area contributed by atoms with Gasteiger partial charge in [-0.25, -0.2) is 0 Å². The number of para-hydroxylation sites is 1. The van der Waals surface area contributed by atoms with Gasteiger partial charge in [0.15, 0.2) is 0 Å². The van der Waals surface area contributed by atoms with Crippen molar-refractivity contribution < 1.29 is 4.74 Å². The van der Waals surface area contributed by atoms with Crippen LogP contribution < -0.4 is 5.32 Å². The molecular weight excluding hydrogens is 234 g/mol. The van der Waals surface area contributed by atoms with Crippen molar-refractivity contribution in [3.63, 3.8) is 0 Å². The van der Waals surface area contributed by atoms with E-state index in [9.17, 15) is 0 Å². The number of benzene rings is 1. The molecule has 1 aliphatic carbocycles. The average molecular weight is 261 g/mol. The molecule has 2 heteroatoms. The lowest BCUT2D eigenvalue weighted by Gasteiger charge is -2.36. The first-order valence-electron chi connectivity index (χ1n) is 7.64. The zero-order valence-electron chi connectivity index (χ0n) is 12.5. The Kier molecular flexibility index (Phi) is 5.26. The van der Waals surface area contributed by atoms with Crippen LogP contribution in [-0.4, -0.2) is 12.6 Å². The molecule has 1 aliphatic rings. The van der Waals surface area contributed by atoms with Crippen LogP contribution in [0.2, 0.25) is 0 Å². The second kappa shape index (κ2) is 6.95. The fourth-order valence-electron chi connectivity index (χ4n) is 3.14. The van der Waals surface area contributed by atoms with E-state index < -0.39 is 0 Å². The predicted molar refractivity (Wildman–Crippen MR) is 81.4 cm³/mol. The van der Waals surface area contributed by atoms with Gasteiger partial charge >= 0.3 is 0 Å². The summed E-state index contributed by atoms with van der Waals surface area (Å²) in [5, 5.41) is 3.78. The lowest BCUT2D eigenvalue weighted by molar-refractivity contribution is 0.134. The van der Waals surface area contributed by atoms with Crippen LogP contribution in [0.5, 0.6) is 0 Å². The molecule has 2 rings (SSSR count). The predicted octanol–water partition coefficient (Wildman–Crippen LogP) is 4.46. The molecule has 2 atom stereocenters. The minimum Gasteiger partial charge on any atom is -0.381 e. The molecule has 1 saturated carbocycles. The Morgan fingerprint density at radius 1 is 1.16 bits per heavy atom. The van der Waals surface area contributed by atoms with Crippen molar-refractivity contribution in [2.24, 2.45) is 11.8 Å². The van der Waals surface area contributed by atoms with Crippen molar-refractivity contribution in [1.82, 2.24) is 0 Å². The van der Waals surface area contributed by atoms with E-state index in [0.29, 0.717) is 12.6 Å². The van der Waals surface area contributed by atoms with E-state index in [1.807, 2.05) is 6.92 Å². The molecule has 2 nitrogen and oxygen atoms in total. The summed E-state index contributed by atoms with van der Waals surface area (Å²) in [7, 11) is 0. The molecule has 0 radical (unpaired) electrons. The molecule has 0 bridgehead atoms. The van der Waals surface area contributed by atoms with Crippen LogP contribution in [0, 0.1) is 11.8 Å². The highest BCUT2D eigenvalue weighted by molar-refractivity contribution is 5.51. The first kappa shape index (κ1) is 14.4. The first-order valence-corrected chi connectivity index (χ1v) is 7.64. The summed E-state index contributed by atoms with van der Waals surface area (Å²) < 4.78 is 5.56. The van der Waals surface area contributed by atoms with Gasteiger partial charge in [0.2, 0.25) is 0 Å². The van der Waals surface area contributed by atoms with E-state index in [2.05, 4.69) is 43.4 Å². The molecule has 0 aromatic heterocycles. The average Bonchev–Trinajstić information content (AvgIpc) is 2.42. The number of hydrogen-bond donors (Lipinski definition) is 1. The highest BCUT2D eigenvalue weighted by Crippen LogP contribution is 2.32. The molecule has 0 saturated heterocycles. The van der Waals surface area contributed by atoms with Crippen molar-refractivity contribution in [3.8, 4) is 0 Å². The third kappa shape index (κ3) is 3.73. The van der Waals surface area contributed by atoms with Gasteiger partial charge < -0.3 is 10.1 Å². The van der Waals surface area contributed by atoms with Crippen molar-refractivity contribution in [2.75, 3.05) is 11.9 Å². The molecule has 1 aromatic rings. The van der Waals surface area contributed by atoms with Gasteiger partial charge in [0.1, 0.15) is 0 Å². The lowest BCUT2D eigenvalue weighted by atomic mass is 9.78. The van der Waals surface area contributed by atoms with Crippen molar-refractivity contribution in [3.05, 3.63) is 29.8 Å². The first-order chi connectivity index (χ1) is 9.22. The second-order valence-electron chi connectivity index (χ2n) is 5.85. The molecule has 0 amide bonds. The van der Waals surface area contributed by atoms with Crippen LogP contribution in [0.15, 0.2) is 24.3 Å². The smallest absolute Gasteiger partial charge is 0.0736 e. The maximum Gasteiger partial charge on any atom is 0.0736 e. The van der Waals surface area contributed by atoms with E-state index >= 15 is 0 Å². The third-order valence-corrected chi connectivity index (χ3v) is 4.35. The Hall–Kier alpha value is -1.02. The summed E-state index contributed by atoms with van der Waals surface area (Å²) in [5.74, 6) is 1.51. The van der Waals surface area contributed by atoms with E-state index in [4.69, 9.17) is 4.74 Å². The summed E-state index contributed by atoms with van der Waals surface area (Å²) in [6.07, 6.45) is 4.06. The van der Waals surface area contributed by atoms with Crippen LogP contribution in [0.25, 0.3) is 0 Å². The number of rotatable bonds is 5. The summed E-state index contributed by atoms with van der Waals surface area (Å²) in [6.45, 7) is 8.26. The third-order valence-electron chi connectivity index (χ3n) is 4.35. The number of ether oxygens (including phenoxy) is 1. The van der Waals surface area contributed by atoms with Crippen LogP contribution in [0.3, 0.4) is 0 Å². The largest absolute Gasteiger partial charge is 0.381 e. The molecule has 106 valence electrons. The fraction of sp³-hybridized carbons (Fsp3) is 0.647. The summed E-state index contributed by atoms with van der Waals surface area (Å²) in [5.41, 5.74) is 2.52. The van der Waals surface area contributed by atoms with Gasteiger partial charge in [0.25, 0.3) is 0 Å². The van der Waals surface area contributed by atoms with E-state index in [1.54, 1.807) is 0 Å². The molecule has 0 spiro atoms. The Balaban J connectivity index is 2.08. The molecule has 19 heavy (non-hydrogen) atoms. The van der Waals surface area contributed by atoms with Gasteiger partial charge in [-0.3, -0.25) is 0 Å². The van der Waals surface area contributed by atoms with Gasteiger partial charge in [-0.1, -0.05) is 38.5 Å². The minimum atomic E-state index is 0.594. The number of hydrogen-bond acceptors (Lipinski definition) is 2. The number of anilines is 1. The molecule has 0 heterocycles. The molecule has 1 fully saturated rings. The van der Waals surface area contributed by atoms with Crippen molar-refractivity contribution in [2.45, 2.75) is 52.7 Å². The maximum absolute atomic E-state index is 5.56. The van der Waals surface area contributed by atoms with Gasteiger partial charge in [-0.2, -0.15) is 0 Å². The Morgan fingerprint density at radius 2 is 1.84 bits per heavy atom. The van der Waals surface area contributed by atoms with Gasteiger partial charge in [-0.05, 0) is 37.7 Å². The SMILES string of the molecule is CCOCc1ccccc1NC1C(C)CCCC1C.